The van der Waals surface area contributed by atoms with Gasteiger partial charge in [0.2, 0.25) is 0 Å². The molecule has 1 aliphatic carbocycles. The highest BCUT2D eigenvalue weighted by Crippen LogP contribution is 2.64. The standard InChI is InChI=1S/C13H17ClO/c1-9-4-5-10(11(14)6-9)13(8-15)7-12(13,2)3/h4-6,15H,7-8H2,1-3H3. The summed E-state index contributed by atoms with van der Waals surface area (Å²) in [7, 11) is 0. The van der Waals surface area contributed by atoms with Crippen LogP contribution in [0.15, 0.2) is 18.2 Å². The van der Waals surface area contributed by atoms with Crippen LogP contribution in [-0.2, 0) is 5.41 Å². The van der Waals surface area contributed by atoms with Gasteiger partial charge in [-0.3, -0.25) is 0 Å². The Kier molecular flexibility index (Phi) is 2.36. The minimum Gasteiger partial charge on any atom is -0.395 e. The van der Waals surface area contributed by atoms with Gasteiger partial charge in [-0.1, -0.05) is 37.6 Å². The van der Waals surface area contributed by atoms with Crippen molar-refractivity contribution in [3.8, 4) is 0 Å². The molecule has 1 fully saturated rings. The van der Waals surface area contributed by atoms with E-state index in [1.807, 2.05) is 13.0 Å². The summed E-state index contributed by atoms with van der Waals surface area (Å²) in [4.78, 5) is 0. The molecule has 0 amide bonds. The van der Waals surface area contributed by atoms with Gasteiger partial charge in [0.1, 0.15) is 0 Å². The van der Waals surface area contributed by atoms with Crippen molar-refractivity contribution in [1.82, 2.24) is 0 Å². The third-order valence-electron chi connectivity index (χ3n) is 3.82. The average molecular weight is 225 g/mol. The molecule has 0 saturated heterocycles. The lowest BCUT2D eigenvalue weighted by atomic mass is 9.88. The molecule has 1 aromatic rings. The lowest BCUT2D eigenvalue weighted by Gasteiger charge is -2.20. The molecule has 1 unspecified atom stereocenters. The second-order valence-corrected chi connectivity index (χ2v) is 5.69. The van der Waals surface area contributed by atoms with E-state index in [1.54, 1.807) is 0 Å². The molecule has 1 aliphatic rings. The van der Waals surface area contributed by atoms with Crippen LogP contribution in [-0.4, -0.2) is 11.7 Å². The third kappa shape index (κ3) is 1.49. The predicted molar refractivity (Wildman–Crippen MR) is 63.4 cm³/mol. The maximum absolute atomic E-state index is 9.58. The Labute approximate surface area is 96.1 Å². The Morgan fingerprint density at radius 3 is 2.40 bits per heavy atom. The van der Waals surface area contributed by atoms with Gasteiger partial charge >= 0.3 is 0 Å². The summed E-state index contributed by atoms with van der Waals surface area (Å²) < 4.78 is 0. The van der Waals surface area contributed by atoms with Crippen LogP contribution in [0.3, 0.4) is 0 Å². The van der Waals surface area contributed by atoms with Crippen LogP contribution in [0.25, 0.3) is 0 Å². The Bertz CT molecular complexity index is 398. The van der Waals surface area contributed by atoms with Crippen molar-refractivity contribution in [1.29, 1.82) is 0 Å². The van der Waals surface area contributed by atoms with E-state index < -0.39 is 0 Å². The van der Waals surface area contributed by atoms with Crippen molar-refractivity contribution in [2.24, 2.45) is 5.41 Å². The quantitative estimate of drug-likeness (QED) is 0.817. The molecule has 0 bridgehead atoms. The van der Waals surface area contributed by atoms with Crippen LogP contribution in [0.1, 0.15) is 31.4 Å². The monoisotopic (exact) mass is 224 g/mol. The summed E-state index contributed by atoms with van der Waals surface area (Å²) in [6.07, 6.45) is 1.01. The molecule has 0 radical (unpaired) electrons. The van der Waals surface area contributed by atoms with E-state index in [1.165, 1.54) is 0 Å². The number of rotatable bonds is 2. The van der Waals surface area contributed by atoms with E-state index in [0.717, 1.165) is 22.6 Å². The molecule has 2 rings (SSSR count). The van der Waals surface area contributed by atoms with Gasteiger partial charge in [0.25, 0.3) is 0 Å². The second kappa shape index (κ2) is 3.23. The van der Waals surface area contributed by atoms with Gasteiger partial charge in [0, 0.05) is 10.4 Å². The summed E-state index contributed by atoms with van der Waals surface area (Å²) in [6, 6.07) is 6.10. The highest BCUT2D eigenvalue weighted by atomic mass is 35.5. The fraction of sp³-hybridized carbons (Fsp3) is 0.538. The van der Waals surface area contributed by atoms with Gasteiger partial charge in [0.15, 0.2) is 0 Å². The van der Waals surface area contributed by atoms with E-state index >= 15 is 0 Å². The van der Waals surface area contributed by atoms with Crippen molar-refractivity contribution >= 4 is 11.6 Å². The molecule has 0 aromatic heterocycles. The van der Waals surface area contributed by atoms with Gasteiger partial charge in [-0.15, -0.1) is 0 Å². The van der Waals surface area contributed by atoms with Gasteiger partial charge in [-0.05, 0) is 36.0 Å². The van der Waals surface area contributed by atoms with Crippen molar-refractivity contribution in [3.05, 3.63) is 34.3 Å². The van der Waals surface area contributed by atoms with E-state index in [2.05, 4.69) is 26.0 Å². The summed E-state index contributed by atoms with van der Waals surface area (Å²) in [5.41, 5.74) is 2.32. The second-order valence-electron chi connectivity index (χ2n) is 5.28. The van der Waals surface area contributed by atoms with E-state index in [0.29, 0.717) is 0 Å². The number of hydrogen-bond acceptors (Lipinski definition) is 1. The molecule has 1 N–H and O–H groups in total. The summed E-state index contributed by atoms with van der Waals surface area (Å²) in [6.45, 7) is 6.57. The van der Waals surface area contributed by atoms with Crippen molar-refractivity contribution in [2.75, 3.05) is 6.61 Å². The SMILES string of the molecule is Cc1ccc(C2(CO)CC2(C)C)c(Cl)c1. The van der Waals surface area contributed by atoms with E-state index in [9.17, 15) is 5.11 Å². The molecule has 1 atom stereocenters. The maximum atomic E-state index is 9.58. The molecular weight excluding hydrogens is 208 g/mol. The Balaban J connectivity index is 2.46. The number of halogens is 1. The van der Waals surface area contributed by atoms with Crippen molar-refractivity contribution < 1.29 is 5.11 Å². The van der Waals surface area contributed by atoms with Crippen LogP contribution >= 0.6 is 11.6 Å². The zero-order valence-electron chi connectivity index (χ0n) is 9.47. The largest absolute Gasteiger partial charge is 0.395 e. The van der Waals surface area contributed by atoms with Crippen LogP contribution in [0, 0.1) is 12.3 Å². The minimum absolute atomic E-state index is 0.113. The maximum Gasteiger partial charge on any atom is 0.0533 e. The normalized spacial score (nSPS) is 27.8. The van der Waals surface area contributed by atoms with E-state index in [-0.39, 0.29) is 17.4 Å². The first-order valence-corrected chi connectivity index (χ1v) is 5.68. The fourth-order valence-corrected chi connectivity index (χ4v) is 2.95. The Hall–Kier alpha value is -0.530. The first-order valence-electron chi connectivity index (χ1n) is 5.30. The van der Waals surface area contributed by atoms with Gasteiger partial charge in [-0.2, -0.15) is 0 Å². The summed E-state index contributed by atoms with van der Waals surface area (Å²) in [5.74, 6) is 0. The number of benzene rings is 1. The van der Waals surface area contributed by atoms with Crippen molar-refractivity contribution in [3.63, 3.8) is 0 Å². The van der Waals surface area contributed by atoms with Gasteiger partial charge in [0.05, 0.1) is 6.61 Å². The number of aliphatic hydroxyl groups excluding tert-OH is 1. The molecule has 2 heteroatoms. The minimum atomic E-state index is -0.113. The fourth-order valence-electron chi connectivity index (χ4n) is 2.53. The molecule has 1 aromatic carbocycles. The smallest absolute Gasteiger partial charge is 0.0533 e. The molecule has 82 valence electrons. The molecule has 0 heterocycles. The Morgan fingerprint density at radius 1 is 1.40 bits per heavy atom. The summed E-state index contributed by atoms with van der Waals surface area (Å²) in [5, 5.41) is 10.4. The molecule has 1 nitrogen and oxygen atoms in total. The molecular formula is C13H17ClO. The van der Waals surface area contributed by atoms with Crippen LogP contribution < -0.4 is 0 Å². The van der Waals surface area contributed by atoms with Crippen LogP contribution in [0.4, 0.5) is 0 Å². The average Bonchev–Trinajstić information content (AvgIpc) is 2.69. The zero-order chi connectivity index (χ0) is 11.3. The molecule has 15 heavy (non-hydrogen) atoms. The molecule has 0 spiro atoms. The van der Waals surface area contributed by atoms with Gasteiger partial charge < -0.3 is 5.11 Å². The lowest BCUT2D eigenvalue weighted by Crippen LogP contribution is -2.19. The topological polar surface area (TPSA) is 20.2 Å². The van der Waals surface area contributed by atoms with E-state index in [4.69, 9.17) is 11.6 Å². The molecule has 0 aliphatic heterocycles. The predicted octanol–water partition coefficient (Wildman–Crippen LogP) is 3.31. The zero-order valence-corrected chi connectivity index (χ0v) is 10.2. The van der Waals surface area contributed by atoms with Gasteiger partial charge in [-0.25, -0.2) is 0 Å². The number of aryl methyl sites for hydroxylation is 1. The Morgan fingerprint density at radius 2 is 2.00 bits per heavy atom. The van der Waals surface area contributed by atoms with Crippen LogP contribution in [0.2, 0.25) is 5.02 Å². The summed E-state index contributed by atoms with van der Waals surface area (Å²) >= 11 is 6.25. The lowest BCUT2D eigenvalue weighted by molar-refractivity contribution is 0.231. The molecule has 1 saturated carbocycles. The first-order chi connectivity index (χ1) is 6.93. The van der Waals surface area contributed by atoms with Crippen molar-refractivity contribution in [2.45, 2.75) is 32.6 Å². The van der Waals surface area contributed by atoms with Crippen LogP contribution in [0.5, 0.6) is 0 Å². The number of hydrogen-bond donors (Lipinski definition) is 1. The highest BCUT2D eigenvalue weighted by molar-refractivity contribution is 6.31. The number of aliphatic hydroxyl groups is 1. The highest BCUT2D eigenvalue weighted by Gasteiger charge is 2.62. The first kappa shape index (κ1) is 11.0. The third-order valence-corrected chi connectivity index (χ3v) is 4.14.